The van der Waals surface area contributed by atoms with Crippen LogP contribution in [0.5, 0.6) is 0 Å². The van der Waals surface area contributed by atoms with Crippen LogP contribution in [0.4, 0.5) is 5.82 Å². The molecule has 7 heteroatoms. The van der Waals surface area contributed by atoms with Crippen molar-refractivity contribution in [2.45, 2.75) is 12.8 Å². The molecular weight excluding hydrogens is 364 g/mol. The van der Waals surface area contributed by atoms with Gasteiger partial charge in [0, 0.05) is 61.6 Å². The zero-order chi connectivity index (χ0) is 19.7. The van der Waals surface area contributed by atoms with Crippen molar-refractivity contribution in [3.63, 3.8) is 0 Å². The van der Waals surface area contributed by atoms with Crippen LogP contribution in [-0.2, 0) is 4.74 Å². The van der Waals surface area contributed by atoms with Crippen molar-refractivity contribution in [3.8, 4) is 22.6 Å². The van der Waals surface area contributed by atoms with E-state index in [4.69, 9.17) is 14.7 Å². The molecule has 0 bridgehead atoms. The van der Waals surface area contributed by atoms with Gasteiger partial charge < -0.3 is 10.1 Å². The minimum atomic E-state index is 0.685. The zero-order valence-corrected chi connectivity index (χ0v) is 16.5. The molecule has 4 heterocycles. The second kappa shape index (κ2) is 10.0. The van der Waals surface area contributed by atoms with Crippen LogP contribution in [-0.4, -0.2) is 64.2 Å². The van der Waals surface area contributed by atoms with E-state index < -0.39 is 0 Å². The fourth-order valence-electron chi connectivity index (χ4n) is 3.33. The molecule has 0 unspecified atom stereocenters. The second-order valence-electron chi connectivity index (χ2n) is 7.03. The van der Waals surface area contributed by atoms with E-state index in [1.807, 2.05) is 36.5 Å². The monoisotopic (exact) mass is 390 g/mol. The Kier molecular flexibility index (Phi) is 6.72. The molecule has 0 aliphatic carbocycles. The number of aromatic nitrogens is 4. The minimum absolute atomic E-state index is 0.685. The first-order valence-electron chi connectivity index (χ1n) is 10.1. The third-order valence-corrected chi connectivity index (χ3v) is 4.93. The van der Waals surface area contributed by atoms with E-state index in [2.05, 4.69) is 20.2 Å². The predicted molar refractivity (Wildman–Crippen MR) is 113 cm³/mol. The minimum Gasteiger partial charge on any atom is -0.379 e. The summed E-state index contributed by atoms with van der Waals surface area (Å²) >= 11 is 0. The molecule has 1 fully saturated rings. The van der Waals surface area contributed by atoms with Crippen molar-refractivity contribution in [1.82, 2.24) is 24.8 Å². The van der Waals surface area contributed by atoms with Gasteiger partial charge in [-0.25, -0.2) is 9.97 Å². The van der Waals surface area contributed by atoms with E-state index in [9.17, 15) is 0 Å². The van der Waals surface area contributed by atoms with Gasteiger partial charge >= 0.3 is 0 Å². The number of hydrogen-bond acceptors (Lipinski definition) is 7. The van der Waals surface area contributed by atoms with Gasteiger partial charge in [-0.15, -0.1) is 0 Å². The van der Waals surface area contributed by atoms with Crippen LogP contribution in [0, 0.1) is 0 Å². The van der Waals surface area contributed by atoms with Crippen LogP contribution in [0.3, 0.4) is 0 Å². The van der Waals surface area contributed by atoms with Gasteiger partial charge in [0.2, 0.25) is 0 Å². The highest BCUT2D eigenvalue weighted by molar-refractivity contribution is 5.66. The van der Waals surface area contributed by atoms with Crippen molar-refractivity contribution in [1.29, 1.82) is 0 Å². The molecule has 0 spiro atoms. The zero-order valence-electron chi connectivity index (χ0n) is 16.5. The maximum Gasteiger partial charge on any atom is 0.162 e. The van der Waals surface area contributed by atoms with Gasteiger partial charge in [-0.3, -0.25) is 14.9 Å². The molecule has 3 aromatic heterocycles. The molecule has 7 nitrogen and oxygen atoms in total. The fourth-order valence-corrected chi connectivity index (χ4v) is 3.33. The van der Waals surface area contributed by atoms with Gasteiger partial charge in [0.1, 0.15) is 5.82 Å². The van der Waals surface area contributed by atoms with Crippen molar-refractivity contribution in [2.75, 3.05) is 44.7 Å². The average molecular weight is 390 g/mol. The van der Waals surface area contributed by atoms with E-state index in [0.717, 1.165) is 74.9 Å². The summed E-state index contributed by atoms with van der Waals surface area (Å²) in [5, 5.41) is 3.47. The SMILES string of the molecule is c1cncc(-c2cc(NCCCCN3CCOCC3)nc(-c3ccncc3)n2)c1. The Balaban J connectivity index is 1.42. The van der Waals surface area contributed by atoms with Crippen LogP contribution in [0.25, 0.3) is 22.6 Å². The second-order valence-corrected chi connectivity index (χ2v) is 7.03. The first-order valence-corrected chi connectivity index (χ1v) is 10.1. The molecular formula is C22H26N6O. The Morgan fingerprint density at radius 2 is 1.79 bits per heavy atom. The summed E-state index contributed by atoms with van der Waals surface area (Å²) in [6, 6.07) is 9.77. The summed E-state index contributed by atoms with van der Waals surface area (Å²) in [4.78, 5) is 20.2. The average Bonchev–Trinajstić information content (AvgIpc) is 2.80. The number of hydrogen-bond donors (Lipinski definition) is 1. The van der Waals surface area contributed by atoms with E-state index in [0.29, 0.717) is 5.82 Å². The molecule has 150 valence electrons. The van der Waals surface area contributed by atoms with E-state index in [1.165, 1.54) is 0 Å². The van der Waals surface area contributed by atoms with Gasteiger partial charge in [0.25, 0.3) is 0 Å². The number of anilines is 1. The number of rotatable bonds is 8. The Labute approximate surface area is 171 Å². The maximum atomic E-state index is 5.40. The molecule has 4 rings (SSSR count). The van der Waals surface area contributed by atoms with Crippen LogP contribution in [0.15, 0.2) is 55.1 Å². The van der Waals surface area contributed by atoms with Crippen LogP contribution >= 0.6 is 0 Å². The van der Waals surface area contributed by atoms with Crippen LogP contribution in [0.1, 0.15) is 12.8 Å². The summed E-state index contributed by atoms with van der Waals surface area (Å²) in [5.74, 6) is 1.52. The third kappa shape index (κ3) is 5.56. The summed E-state index contributed by atoms with van der Waals surface area (Å²) in [6.45, 7) is 5.80. The molecule has 1 saturated heterocycles. The molecule has 1 N–H and O–H groups in total. The largest absolute Gasteiger partial charge is 0.379 e. The van der Waals surface area contributed by atoms with Crippen LogP contribution < -0.4 is 5.32 Å². The Bertz CT molecular complexity index is 827. The molecule has 0 saturated carbocycles. The van der Waals surface area contributed by atoms with Crippen molar-refractivity contribution in [3.05, 3.63) is 55.1 Å². The first kappa shape index (κ1) is 19.4. The van der Waals surface area contributed by atoms with E-state index in [1.54, 1.807) is 18.6 Å². The van der Waals surface area contributed by atoms with E-state index >= 15 is 0 Å². The lowest BCUT2D eigenvalue weighted by atomic mass is 10.2. The summed E-state index contributed by atoms with van der Waals surface area (Å²) in [7, 11) is 0. The molecule has 1 aliphatic heterocycles. The van der Waals surface area contributed by atoms with Gasteiger partial charge in [-0.05, 0) is 43.7 Å². The molecule has 0 aromatic carbocycles. The normalized spacial score (nSPS) is 14.6. The Morgan fingerprint density at radius 1 is 0.931 bits per heavy atom. The van der Waals surface area contributed by atoms with Crippen molar-refractivity contribution < 1.29 is 4.74 Å². The Hall–Kier alpha value is -2.90. The van der Waals surface area contributed by atoms with Crippen LogP contribution in [0.2, 0.25) is 0 Å². The van der Waals surface area contributed by atoms with E-state index in [-0.39, 0.29) is 0 Å². The van der Waals surface area contributed by atoms with Gasteiger partial charge in [0.15, 0.2) is 5.82 Å². The van der Waals surface area contributed by atoms with Gasteiger partial charge in [-0.2, -0.15) is 0 Å². The summed E-state index contributed by atoms with van der Waals surface area (Å²) in [5.41, 5.74) is 2.78. The van der Waals surface area contributed by atoms with Gasteiger partial charge in [-0.1, -0.05) is 0 Å². The number of pyridine rings is 2. The molecule has 0 atom stereocenters. The number of morpholine rings is 1. The number of nitrogens with zero attached hydrogens (tertiary/aromatic N) is 5. The van der Waals surface area contributed by atoms with Crippen molar-refractivity contribution in [2.24, 2.45) is 0 Å². The highest BCUT2D eigenvalue weighted by Gasteiger charge is 2.10. The molecule has 29 heavy (non-hydrogen) atoms. The highest BCUT2D eigenvalue weighted by atomic mass is 16.5. The number of nitrogens with one attached hydrogen (secondary N) is 1. The number of unbranched alkanes of at least 4 members (excludes halogenated alkanes) is 1. The number of ether oxygens (including phenoxy) is 1. The predicted octanol–water partition coefficient (Wildman–Crippen LogP) is 3.12. The first-order chi connectivity index (χ1) is 14.4. The summed E-state index contributed by atoms with van der Waals surface area (Å²) < 4.78 is 5.40. The summed E-state index contributed by atoms with van der Waals surface area (Å²) in [6.07, 6.45) is 9.36. The molecule has 1 aliphatic rings. The lowest BCUT2D eigenvalue weighted by Crippen LogP contribution is -2.36. The molecule has 0 amide bonds. The topological polar surface area (TPSA) is 76.1 Å². The lowest BCUT2D eigenvalue weighted by Gasteiger charge is -2.26. The molecule has 0 radical (unpaired) electrons. The van der Waals surface area contributed by atoms with Gasteiger partial charge in [0.05, 0.1) is 18.9 Å². The lowest BCUT2D eigenvalue weighted by molar-refractivity contribution is 0.0373. The Morgan fingerprint density at radius 3 is 2.59 bits per heavy atom. The van der Waals surface area contributed by atoms with Crippen molar-refractivity contribution >= 4 is 5.82 Å². The highest BCUT2D eigenvalue weighted by Crippen LogP contribution is 2.23. The smallest absolute Gasteiger partial charge is 0.162 e. The molecule has 3 aromatic rings. The third-order valence-electron chi connectivity index (χ3n) is 4.93. The standard InChI is InChI=1S/C22H26N6O/c1(2-11-28-12-14-29-15-13-28)8-25-21-16-20(19-4-3-7-24-17-19)26-22(27-21)18-5-9-23-10-6-18/h3-7,9-10,16-17H,1-2,8,11-15H2,(H,25,26,27). The quantitative estimate of drug-likeness (QED) is 0.592. The maximum absolute atomic E-state index is 5.40. The fraction of sp³-hybridized carbons (Fsp3) is 0.364.